The van der Waals surface area contributed by atoms with Crippen molar-refractivity contribution in [1.29, 1.82) is 0 Å². The Labute approximate surface area is 137 Å². The molecule has 0 saturated carbocycles. The van der Waals surface area contributed by atoms with E-state index in [1.807, 2.05) is 13.0 Å². The summed E-state index contributed by atoms with van der Waals surface area (Å²) in [5, 5.41) is 24.1. The predicted molar refractivity (Wildman–Crippen MR) is 87.8 cm³/mol. The molecular formula is C15H17N3O4S. The Morgan fingerprint density at radius 1 is 1.43 bits per heavy atom. The molecule has 3 rings (SSSR count). The molecule has 1 saturated heterocycles. The Kier molecular flexibility index (Phi) is 4.18. The van der Waals surface area contributed by atoms with Crippen LogP contribution in [0.5, 0.6) is 0 Å². The molecule has 1 aromatic carbocycles. The van der Waals surface area contributed by atoms with Crippen LogP contribution in [0.1, 0.15) is 12.5 Å². The van der Waals surface area contributed by atoms with Crippen molar-refractivity contribution in [2.45, 2.75) is 23.7 Å². The molecule has 1 aromatic rings. The normalized spacial score (nSPS) is 18.3. The highest BCUT2D eigenvalue weighted by molar-refractivity contribution is 8.00. The summed E-state index contributed by atoms with van der Waals surface area (Å²) >= 11 is 1.71. The number of hydrogen-bond acceptors (Lipinski definition) is 6. The minimum Gasteiger partial charge on any atom is -0.477 e. The van der Waals surface area contributed by atoms with E-state index in [1.165, 1.54) is 5.69 Å². The van der Waals surface area contributed by atoms with Crippen molar-refractivity contribution >= 4 is 35.1 Å². The number of fused-ring (bicyclic) bond motifs is 3. The summed E-state index contributed by atoms with van der Waals surface area (Å²) < 4.78 is 0. The zero-order valence-electron chi connectivity index (χ0n) is 12.5. The lowest BCUT2D eigenvalue weighted by molar-refractivity contribution is -0.140. The Bertz CT molecular complexity index is 688. The van der Waals surface area contributed by atoms with Crippen LogP contribution in [0.2, 0.25) is 0 Å². The second-order valence-corrected chi connectivity index (χ2v) is 6.38. The molecule has 2 aliphatic rings. The quantitative estimate of drug-likeness (QED) is 0.365. The Morgan fingerprint density at radius 3 is 2.83 bits per heavy atom. The minimum absolute atomic E-state index is 0.245. The van der Waals surface area contributed by atoms with E-state index in [1.54, 1.807) is 11.8 Å². The standard InChI is InChI=1S/C15H17N3O4S/c1-2-8-5-11-12(23-15-16-3-4-18(11)15)6-10(8)17-7-9(13(19)20)14(21)22/h5-7,15-17H,2-4H2,1H3,(H,19,20)(H,21,22). The van der Waals surface area contributed by atoms with E-state index in [0.717, 1.165) is 41.9 Å². The molecule has 1 fully saturated rings. The van der Waals surface area contributed by atoms with Gasteiger partial charge in [0.2, 0.25) is 0 Å². The number of nitrogens with zero attached hydrogens (tertiary/aromatic N) is 1. The van der Waals surface area contributed by atoms with E-state index in [-0.39, 0.29) is 5.50 Å². The zero-order valence-corrected chi connectivity index (χ0v) is 13.3. The highest BCUT2D eigenvalue weighted by Gasteiger charge is 2.34. The van der Waals surface area contributed by atoms with Gasteiger partial charge in [0.15, 0.2) is 5.57 Å². The van der Waals surface area contributed by atoms with Gasteiger partial charge in [-0.2, -0.15) is 0 Å². The monoisotopic (exact) mass is 335 g/mol. The molecule has 1 atom stereocenters. The summed E-state index contributed by atoms with van der Waals surface area (Å²) in [5.74, 6) is -2.94. The van der Waals surface area contributed by atoms with Gasteiger partial charge in [0.25, 0.3) is 0 Å². The van der Waals surface area contributed by atoms with Crippen molar-refractivity contribution in [2.75, 3.05) is 23.3 Å². The van der Waals surface area contributed by atoms with Crippen LogP contribution >= 0.6 is 11.8 Å². The molecule has 0 amide bonds. The van der Waals surface area contributed by atoms with Crippen molar-refractivity contribution in [3.63, 3.8) is 0 Å². The number of hydrogen-bond donors (Lipinski definition) is 4. The summed E-state index contributed by atoms with van der Waals surface area (Å²) in [6, 6.07) is 4.05. The molecule has 2 aliphatic heterocycles. The van der Waals surface area contributed by atoms with Gasteiger partial charge in [-0.25, -0.2) is 9.59 Å². The SMILES string of the molecule is CCc1cc2c(cc1NC=C(C(=O)O)C(=O)O)SC1NCCN21. The van der Waals surface area contributed by atoms with Gasteiger partial charge in [-0.1, -0.05) is 18.7 Å². The van der Waals surface area contributed by atoms with Gasteiger partial charge in [0.1, 0.15) is 5.50 Å². The van der Waals surface area contributed by atoms with Gasteiger partial charge in [-0.05, 0) is 24.1 Å². The third kappa shape index (κ3) is 2.87. The van der Waals surface area contributed by atoms with Crippen LogP contribution in [0.3, 0.4) is 0 Å². The van der Waals surface area contributed by atoms with Crippen LogP contribution in [-0.2, 0) is 16.0 Å². The average molecular weight is 335 g/mol. The summed E-state index contributed by atoms with van der Waals surface area (Å²) in [6.07, 6.45) is 1.79. The lowest BCUT2D eigenvalue weighted by Gasteiger charge is -2.18. The Balaban J connectivity index is 1.92. The van der Waals surface area contributed by atoms with Gasteiger partial charge < -0.3 is 20.4 Å². The van der Waals surface area contributed by atoms with Crippen LogP contribution in [0.25, 0.3) is 0 Å². The number of carbonyl (C=O) groups is 2. The average Bonchev–Trinajstić information content (AvgIpc) is 3.06. The number of aliphatic carboxylic acids is 2. The second kappa shape index (κ2) is 6.13. The molecule has 0 radical (unpaired) electrons. The molecular weight excluding hydrogens is 318 g/mol. The lowest BCUT2D eigenvalue weighted by atomic mass is 10.1. The first-order valence-electron chi connectivity index (χ1n) is 7.28. The third-order valence-electron chi connectivity index (χ3n) is 3.90. The largest absolute Gasteiger partial charge is 0.477 e. The molecule has 0 aliphatic carbocycles. The molecule has 0 bridgehead atoms. The van der Waals surface area contributed by atoms with Crippen LogP contribution < -0.4 is 15.5 Å². The summed E-state index contributed by atoms with van der Waals surface area (Å²) in [4.78, 5) is 25.3. The van der Waals surface area contributed by atoms with Crippen molar-refractivity contribution in [2.24, 2.45) is 0 Å². The summed E-state index contributed by atoms with van der Waals surface area (Å²) in [6.45, 7) is 3.93. The van der Waals surface area contributed by atoms with Crippen molar-refractivity contribution in [3.05, 3.63) is 29.5 Å². The number of thioether (sulfide) groups is 1. The minimum atomic E-state index is -1.47. The van der Waals surface area contributed by atoms with Crippen LogP contribution in [0, 0.1) is 0 Å². The highest BCUT2D eigenvalue weighted by Crippen LogP contribution is 2.46. The van der Waals surface area contributed by atoms with E-state index in [4.69, 9.17) is 10.2 Å². The number of anilines is 2. The fourth-order valence-corrected chi connectivity index (χ4v) is 4.00. The van der Waals surface area contributed by atoms with E-state index >= 15 is 0 Å². The van der Waals surface area contributed by atoms with Crippen LogP contribution in [0.4, 0.5) is 11.4 Å². The number of carboxylic acid groups (broad SMARTS) is 2. The van der Waals surface area contributed by atoms with Crippen LogP contribution in [-0.4, -0.2) is 40.7 Å². The van der Waals surface area contributed by atoms with E-state index < -0.39 is 17.5 Å². The number of nitrogens with one attached hydrogen (secondary N) is 2. The maximum Gasteiger partial charge on any atom is 0.344 e. The van der Waals surface area contributed by atoms with Gasteiger partial charge in [0, 0.05) is 29.9 Å². The number of benzene rings is 1. The van der Waals surface area contributed by atoms with Gasteiger partial charge in [0.05, 0.1) is 5.69 Å². The maximum absolute atomic E-state index is 10.9. The number of carboxylic acids is 2. The summed E-state index contributed by atoms with van der Waals surface area (Å²) in [7, 11) is 0. The Morgan fingerprint density at radius 2 is 2.17 bits per heavy atom. The van der Waals surface area contributed by atoms with Crippen molar-refractivity contribution in [3.8, 4) is 0 Å². The highest BCUT2D eigenvalue weighted by atomic mass is 32.2. The molecule has 8 heteroatoms. The van der Waals surface area contributed by atoms with Gasteiger partial charge >= 0.3 is 11.9 Å². The molecule has 23 heavy (non-hydrogen) atoms. The van der Waals surface area contributed by atoms with E-state index in [2.05, 4.69) is 21.6 Å². The first-order valence-corrected chi connectivity index (χ1v) is 8.16. The maximum atomic E-state index is 10.9. The van der Waals surface area contributed by atoms with E-state index in [0.29, 0.717) is 0 Å². The van der Waals surface area contributed by atoms with E-state index in [9.17, 15) is 9.59 Å². The molecule has 7 nitrogen and oxygen atoms in total. The number of aryl methyl sites for hydroxylation is 1. The summed E-state index contributed by atoms with van der Waals surface area (Å²) in [5.41, 5.74) is 2.48. The topological polar surface area (TPSA) is 102 Å². The molecule has 2 heterocycles. The van der Waals surface area contributed by atoms with Crippen molar-refractivity contribution < 1.29 is 19.8 Å². The molecule has 0 spiro atoms. The second-order valence-electron chi connectivity index (χ2n) is 5.26. The molecule has 4 N–H and O–H groups in total. The first kappa shape index (κ1) is 15.7. The first-order chi connectivity index (χ1) is 11.0. The zero-order chi connectivity index (χ0) is 16.6. The molecule has 0 aromatic heterocycles. The fraction of sp³-hybridized carbons (Fsp3) is 0.333. The molecule has 1 unspecified atom stereocenters. The van der Waals surface area contributed by atoms with Crippen LogP contribution in [0.15, 0.2) is 28.8 Å². The predicted octanol–water partition coefficient (Wildman–Crippen LogP) is 1.51. The molecule has 122 valence electrons. The van der Waals surface area contributed by atoms with Gasteiger partial charge in [-0.15, -0.1) is 0 Å². The van der Waals surface area contributed by atoms with Crippen molar-refractivity contribution in [1.82, 2.24) is 5.32 Å². The lowest BCUT2D eigenvalue weighted by Crippen LogP contribution is -2.28. The smallest absolute Gasteiger partial charge is 0.344 e. The Hall–Kier alpha value is -2.19. The third-order valence-corrected chi connectivity index (χ3v) is 5.13. The fourth-order valence-electron chi connectivity index (χ4n) is 2.73. The van der Waals surface area contributed by atoms with Gasteiger partial charge in [-0.3, -0.25) is 5.32 Å². The number of rotatable bonds is 5.